The molecule has 0 aliphatic carbocycles. The van der Waals surface area contributed by atoms with E-state index in [0.29, 0.717) is 0 Å². The van der Waals surface area contributed by atoms with Gasteiger partial charge >= 0.3 is 0 Å². The first-order valence-corrected chi connectivity index (χ1v) is 5.43. The van der Waals surface area contributed by atoms with Gasteiger partial charge in [0.1, 0.15) is 0 Å². The van der Waals surface area contributed by atoms with Crippen LogP contribution >= 0.6 is 0 Å². The van der Waals surface area contributed by atoms with Crippen LogP contribution in [0.15, 0.2) is 0 Å². The van der Waals surface area contributed by atoms with Crippen molar-refractivity contribution in [1.82, 2.24) is 0 Å². The van der Waals surface area contributed by atoms with Gasteiger partial charge in [0.15, 0.2) is 0 Å². The van der Waals surface area contributed by atoms with E-state index in [1.165, 1.54) is 12.8 Å². The zero-order valence-corrected chi connectivity index (χ0v) is 8.84. The highest BCUT2D eigenvalue weighted by atomic mass is 16.4. The molecule has 13 heavy (non-hydrogen) atoms. The fourth-order valence-electron chi connectivity index (χ4n) is 1.55. The second kappa shape index (κ2) is 8.09. The lowest BCUT2D eigenvalue weighted by Crippen LogP contribution is -2.31. The van der Waals surface area contributed by atoms with Crippen LogP contribution < -0.4 is 5.11 Å². The van der Waals surface area contributed by atoms with Crippen LogP contribution in [-0.2, 0) is 4.79 Å². The summed E-state index contributed by atoms with van der Waals surface area (Å²) in [4.78, 5) is 10.6. The third kappa shape index (κ3) is 6.62. The van der Waals surface area contributed by atoms with Crippen molar-refractivity contribution in [1.29, 1.82) is 0 Å². The molecule has 0 N–H and O–H groups in total. The SMILES string of the molecule is CCCCCC[C@@H](CCC)C(=O)[O-]. The summed E-state index contributed by atoms with van der Waals surface area (Å²) in [5.41, 5.74) is 0. The van der Waals surface area contributed by atoms with Crippen molar-refractivity contribution in [3.05, 3.63) is 0 Å². The second-order valence-electron chi connectivity index (χ2n) is 3.65. The Labute approximate surface area is 81.3 Å². The summed E-state index contributed by atoms with van der Waals surface area (Å²) in [6.45, 7) is 4.17. The molecular formula is C11H21O2-. The van der Waals surface area contributed by atoms with Gasteiger partial charge in [-0.3, -0.25) is 0 Å². The molecule has 1 atom stereocenters. The number of carbonyl (C=O) groups excluding carboxylic acids is 1. The molecule has 0 spiro atoms. The van der Waals surface area contributed by atoms with Crippen LogP contribution in [0.4, 0.5) is 0 Å². The lowest BCUT2D eigenvalue weighted by Gasteiger charge is -2.16. The zero-order chi connectivity index (χ0) is 10.1. The summed E-state index contributed by atoms with van der Waals surface area (Å²) in [5.74, 6) is -1.07. The summed E-state index contributed by atoms with van der Waals surface area (Å²) in [6.07, 6.45) is 7.11. The van der Waals surface area contributed by atoms with Gasteiger partial charge in [0.05, 0.1) is 0 Å². The van der Waals surface area contributed by atoms with E-state index in [1.54, 1.807) is 0 Å². The lowest BCUT2D eigenvalue weighted by atomic mass is 9.96. The maximum Gasteiger partial charge on any atom is 0.0445 e. The Bertz CT molecular complexity index is 132. The average molecular weight is 185 g/mol. The van der Waals surface area contributed by atoms with Crippen LogP contribution in [0.1, 0.15) is 58.8 Å². The average Bonchev–Trinajstić information content (AvgIpc) is 2.10. The fourth-order valence-corrected chi connectivity index (χ4v) is 1.55. The van der Waals surface area contributed by atoms with E-state index in [2.05, 4.69) is 6.92 Å². The number of aliphatic carboxylic acids is 1. The van der Waals surface area contributed by atoms with E-state index in [4.69, 9.17) is 0 Å². The predicted octanol–water partition coefficient (Wildman–Crippen LogP) is 2.12. The van der Waals surface area contributed by atoms with Crippen LogP contribution in [0.5, 0.6) is 0 Å². The lowest BCUT2D eigenvalue weighted by molar-refractivity contribution is -0.312. The minimum absolute atomic E-state index is 0.207. The van der Waals surface area contributed by atoms with Crippen LogP contribution in [-0.4, -0.2) is 5.97 Å². The van der Waals surface area contributed by atoms with Gasteiger partial charge in [-0.25, -0.2) is 0 Å². The number of rotatable bonds is 8. The molecule has 0 aliphatic rings. The van der Waals surface area contributed by atoms with Gasteiger partial charge < -0.3 is 9.90 Å². The molecule has 0 saturated heterocycles. The molecule has 0 aromatic heterocycles. The Morgan fingerprint density at radius 1 is 1.08 bits per heavy atom. The highest BCUT2D eigenvalue weighted by Gasteiger charge is 2.07. The van der Waals surface area contributed by atoms with Gasteiger partial charge in [-0.2, -0.15) is 0 Å². The molecule has 78 valence electrons. The van der Waals surface area contributed by atoms with E-state index >= 15 is 0 Å². The van der Waals surface area contributed by atoms with Crippen LogP contribution in [0.2, 0.25) is 0 Å². The van der Waals surface area contributed by atoms with Crippen molar-refractivity contribution in [3.8, 4) is 0 Å². The minimum Gasteiger partial charge on any atom is -0.550 e. The summed E-state index contributed by atoms with van der Waals surface area (Å²) < 4.78 is 0. The predicted molar refractivity (Wildman–Crippen MR) is 52.2 cm³/mol. The number of hydrogen-bond donors (Lipinski definition) is 0. The molecule has 2 heteroatoms. The molecule has 0 radical (unpaired) electrons. The third-order valence-electron chi connectivity index (χ3n) is 2.38. The molecule has 2 nitrogen and oxygen atoms in total. The zero-order valence-electron chi connectivity index (χ0n) is 8.84. The normalized spacial score (nSPS) is 12.8. The monoisotopic (exact) mass is 185 g/mol. The Hall–Kier alpha value is -0.530. The second-order valence-corrected chi connectivity index (χ2v) is 3.65. The summed E-state index contributed by atoms with van der Waals surface area (Å²) in [7, 11) is 0. The largest absolute Gasteiger partial charge is 0.550 e. The molecule has 0 unspecified atom stereocenters. The van der Waals surface area contributed by atoms with E-state index in [0.717, 1.165) is 32.1 Å². The smallest absolute Gasteiger partial charge is 0.0445 e. The van der Waals surface area contributed by atoms with Crippen molar-refractivity contribution < 1.29 is 9.90 Å². The number of unbranched alkanes of at least 4 members (excludes halogenated alkanes) is 3. The first-order chi connectivity index (χ1) is 6.22. The van der Waals surface area contributed by atoms with Crippen molar-refractivity contribution in [2.75, 3.05) is 0 Å². The topological polar surface area (TPSA) is 40.1 Å². The van der Waals surface area contributed by atoms with Crippen molar-refractivity contribution in [2.24, 2.45) is 5.92 Å². The van der Waals surface area contributed by atoms with Gasteiger partial charge in [0, 0.05) is 5.97 Å². The van der Waals surface area contributed by atoms with Gasteiger partial charge in [0.25, 0.3) is 0 Å². The van der Waals surface area contributed by atoms with E-state index in [-0.39, 0.29) is 5.92 Å². The van der Waals surface area contributed by atoms with Crippen molar-refractivity contribution in [2.45, 2.75) is 58.8 Å². The molecule has 0 rings (SSSR count). The standard InChI is InChI=1S/C11H22O2/c1-3-5-6-7-9-10(8-4-2)11(12)13/h10H,3-9H2,1-2H3,(H,12,13)/p-1/t10-/m1/s1. The van der Waals surface area contributed by atoms with E-state index < -0.39 is 5.97 Å². The van der Waals surface area contributed by atoms with Crippen LogP contribution in [0.3, 0.4) is 0 Å². The van der Waals surface area contributed by atoms with Gasteiger partial charge in [-0.1, -0.05) is 46.0 Å². The highest BCUT2D eigenvalue weighted by Crippen LogP contribution is 2.15. The molecule has 0 fully saturated rings. The molecule has 0 saturated carbocycles. The number of carbonyl (C=O) groups is 1. The maximum absolute atomic E-state index is 10.6. The molecule has 0 aromatic carbocycles. The van der Waals surface area contributed by atoms with Crippen molar-refractivity contribution in [3.63, 3.8) is 0 Å². The molecule has 0 bridgehead atoms. The first-order valence-electron chi connectivity index (χ1n) is 5.43. The van der Waals surface area contributed by atoms with Crippen LogP contribution in [0, 0.1) is 5.92 Å². The van der Waals surface area contributed by atoms with Gasteiger partial charge in [-0.05, 0) is 18.8 Å². The third-order valence-corrected chi connectivity index (χ3v) is 2.38. The summed E-state index contributed by atoms with van der Waals surface area (Å²) in [6, 6.07) is 0. The quantitative estimate of drug-likeness (QED) is 0.543. The Morgan fingerprint density at radius 3 is 2.23 bits per heavy atom. The highest BCUT2D eigenvalue weighted by molar-refractivity contribution is 5.67. The number of carboxylic acids is 1. The van der Waals surface area contributed by atoms with Crippen molar-refractivity contribution >= 4 is 5.97 Å². The first kappa shape index (κ1) is 12.5. The fraction of sp³-hybridized carbons (Fsp3) is 0.909. The Kier molecular flexibility index (Phi) is 7.76. The number of carboxylic acid groups (broad SMARTS) is 1. The van der Waals surface area contributed by atoms with E-state index in [1.807, 2.05) is 6.92 Å². The Morgan fingerprint density at radius 2 is 1.77 bits per heavy atom. The van der Waals surface area contributed by atoms with Crippen LogP contribution in [0.25, 0.3) is 0 Å². The molecule has 0 aliphatic heterocycles. The molecule has 0 amide bonds. The minimum atomic E-state index is -0.863. The van der Waals surface area contributed by atoms with E-state index in [9.17, 15) is 9.90 Å². The van der Waals surface area contributed by atoms with Gasteiger partial charge in [0.2, 0.25) is 0 Å². The maximum atomic E-state index is 10.6. The molecular weight excluding hydrogens is 164 g/mol. The number of hydrogen-bond acceptors (Lipinski definition) is 2. The summed E-state index contributed by atoms with van der Waals surface area (Å²) >= 11 is 0. The summed E-state index contributed by atoms with van der Waals surface area (Å²) in [5, 5.41) is 10.6. The van der Waals surface area contributed by atoms with Gasteiger partial charge in [-0.15, -0.1) is 0 Å². The molecule has 0 aromatic rings. The molecule has 0 heterocycles. The Balaban J connectivity index is 3.51.